The standard InChI is InChI=1S/C18H18N2O/c1-13(14-7-3-2-4-8-14)21-18-17-10-6-5-9-15(17)11-16(12-19)20-18/h2-11,13H,12,19H2,1H3. The Labute approximate surface area is 124 Å². The first-order valence-electron chi connectivity index (χ1n) is 7.08. The highest BCUT2D eigenvalue weighted by Gasteiger charge is 2.11. The minimum atomic E-state index is -0.0601. The van der Waals surface area contributed by atoms with Gasteiger partial charge in [-0.2, -0.15) is 0 Å². The lowest BCUT2D eigenvalue weighted by Gasteiger charge is -2.16. The maximum absolute atomic E-state index is 6.09. The molecule has 0 radical (unpaired) electrons. The molecular formula is C18H18N2O. The summed E-state index contributed by atoms with van der Waals surface area (Å²) in [6.45, 7) is 2.43. The minimum absolute atomic E-state index is 0.0601. The van der Waals surface area contributed by atoms with Crippen molar-refractivity contribution < 1.29 is 4.74 Å². The van der Waals surface area contributed by atoms with Crippen molar-refractivity contribution >= 4 is 10.8 Å². The zero-order valence-corrected chi connectivity index (χ0v) is 12.0. The minimum Gasteiger partial charge on any atom is -0.469 e. The van der Waals surface area contributed by atoms with Crippen LogP contribution in [0, 0.1) is 0 Å². The fourth-order valence-corrected chi connectivity index (χ4v) is 2.37. The van der Waals surface area contributed by atoms with Crippen molar-refractivity contribution in [3.63, 3.8) is 0 Å². The molecule has 0 spiro atoms. The van der Waals surface area contributed by atoms with Crippen molar-refractivity contribution in [3.05, 3.63) is 71.9 Å². The van der Waals surface area contributed by atoms with Gasteiger partial charge >= 0.3 is 0 Å². The molecule has 3 aromatic rings. The van der Waals surface area contributed by atoms with Crippen LogP contribution in [0.2, 0.25) is 0 Å². The number of benzene rings is 2. The van der Waals surface area contributed by atoms with E-state index >= 15 is 0 Å². The van der Waals surface area contributed by atoms with Crippen LogP contribution in [0.4, 0.5) is 0 Å². The van der Waals surface area contributed by atoms with Crippen molar-refractivity contribution in [1.82, 2.24) is 4.98 Å². The van der Waals surface area contributed by atoms with Crippen LogP contribution in [0.3, 0.4) is 0 Å². The van der Waals surface area contributed by atoms with Crippen molar-refractivity contribution in [2.45, 2.75) is 19.6 Å². The van der Waals surface area contributed by atoms with Gasteiger partial charge in [-0.1, -0.05) is 48.5 Å². The molecule has 3 rings (SSSR count). The van der Waals surface area contributed by atoms with Gasteiger partial charge in [0.25, 0.3) is 0 Å². The monoisotopic (exact) mass is 278 g/mol. The molecule has 0 amide bonds. The molecular weight excluding hydrogens is 260 g/mol. The molecule has 0 aliphatic carbocycles. The molecule has 1 unspecified atom stereocenters. The Hall–Kier alpha value is -2.39. The molecule has 1 aromatic heterocycles. The summed E-state index contributed by atoms with van der Waals surface area (Å²) in [4.78, 5) is 4.54. The van der Waals surface area contributed by atoms with Crippen LogP contribution in [0.15, 0.2) is 60.7 Å². The molecule has 2 N–H and O–H groups in total. The molecule has 1 heterocycles. The van der Waals surface area contributed by atoms with E-state index in [2.05, 4.69) is 23.2 Å². The number of nitrogens with zero attached hydrogens (tertiary/aromatic N) is 1. The van der Waals surface area contributed by atoms with E-state index in [-0.39, 0.29) is 6.10 Å². The van der Waals surface area contributed by atoms with Crippen LogP contribution in [-0.4, -0.2) is 4.98 Å². The largest absolute Gasteiger partial charge is 0.469 e. The van der Waals surface area contributed by atoms with Gasteiger partial charge in [0.2, 0.25) is 5.88 Å². The van der Waals surface area contributed by atoms with Crippen LogP contribution < -0.4 is 10.5 Å². The molecule has 106 valence electrons. The summed E-state index contributed by atoms with van der Waals surface area (Å²) in [5.41, 5.74) is 7.70. The number of aromatic nitrogens is 1. The maximum Gasteiger partial charge on any atom is 0.222 e. The summed E-state index contributed by atoms with van der Waals surface area (Å²) in [5, 5.41) is 2.11. The second-order valence-electron chi connectivity index (χ2n) is 5.01. The first kappa shape index (κ1) is 13.6. The van der Waals surface area contributed by atoms with Crippen molar-refractivity contribution in [2.75, 3.05) is 0 Å². The van der Waals surface area contributed by atoms with Crippen molar-refractivity contribution in [3.8, 4) is 5.88 Å². The number of nitrogens with two attached hydrogens (primary N) is 1. The van der Waals surface area contributed by atoms with Gasteiger partial charge in [-0.3, -0.25) is 0 Å². The van der Waals surface area contributed by atoms with Crippen LogP contribution in [0.1, 0.15) is 24.3 Å². The number of hydrogen-bond donors (Lipinski definition) is 1. The van der Waals surface area contributed by atoms with Gasteiger partial charge in [0.05, 0.1) is 5.69 Å². The molecule has 21 heavy (non-hydrogen) atoms. The Morgan fingerprint density at radius 3 is 2.52 bits per heavy atom. The molecule has 3 nitrogen and oxygen atoms in total. The summed E-state index contributed by atoms with van der Waals surface area (Å²) in [5.74, 6) is 0.643. The zero-order valence-electron chi connectivity index (χ0n) is 12.0. The van der Waals surface area contributed by atoms with Gasteiger partial charge in [0.15, 0.2) is 0 Å². The Balaban J connectivity index is 1.99. The van der Waals surface area contributed by atoms with E-state index < -0.39 is 0 Å². The number of rotatable bonds is 4. The van der Waals surface area contributed by atoms with Crippen LogP contribution in [-0.2, 0) is 6.54 Å². The Morgan fingerprint density at radius 1 is 1.05 bits per heavy atom. The lowest BCUT2D eigenvalue weighted by atomic mass is 10.1. The van der Waals surface area contributed by atoms with Crippen molar-refractivity contribution in [2.24, 2.45) is 5.73 Å². The average Bonchev–Trinajstić information content (AvgIpc) is 2.55. The van der Waals surface area contributed by atoms with Crippen LogP contribution >= 0.6 is 0 Å². The highest BCUT2D eigenvalue weighted by Crippen LogP contribution is 2.28. The third-order valence-electron chi connectivity index (χ3n) is 3.52. The molecule has 3 heteroatoms. The SMILES string of the molecule is CC(Oc1nc(CN)cc2ccccc12)c1ccccc1. The normalized spacial score (nSPS) is 12.3. The van der Waals surface area contributed by atoms with E-state index in [1.54, 1.807) is 0 Å². The van der Waals surface area contributed by atoms with Gasteiger partial charge < -0.3 is 10.5 Å². The first-order chi connectivity index (χ1) is 10.3. The molecule has 2 aromatic carbocycles. The molecule has 0 saturated heterocycles. The van der Waals surface area contributed by atoms with Crippen molar-refractivity contribution in [1.29, 1.82) is 0 Å². The van der Waals surface area contributed by atoms with E-state index in [1.807, 2.05) is 49.4 Å². The smallest absolute Gasteiger partial charge is 0.222 e. The Morgan fingerprint density at radius 2 is 1.76 bits per heavy atom. The predicted octanol–water partition coefficient (Wildman–Crippen LogP) is 3.83. The Kier molecular flexibility index (Phi) is 3.84. The Bertz CT molecular complexity index is 741. The number of fused-ring (bicyclic) bond motifs is 1. The highest BCUT2D eigenvalue weighted by atomic mass is 16.5. The fourth-order valence-electron chi connectivity index (χ4n) is 2.37. The highest BCUT2D eigenvalue weighted by molar-refractivity contribution is 5.87. The predicted molar refractivity (Wildman–Crippen MR) is 85.1 cm³/mol. The van der Waals surface area contributed by atoms with Crippen LogP contribution in [0.5, 0.6) is 5.88 Å². The quantitative estimate of drug-likeness (QED) is 0.789. The van der Waals surface area contributed by atoms with E-state index in [0.717, 1.165) is 22.0 Å². The summed E-state index contributed by atoms with van der Waals surface area (Å²) in [6, 6.07) is 20.2. The topological polar surface area (TPSA) is 48.1 Å². The van der Waals surface area contributed by atoms with E-state index in [1.165, 1.54) is 0 Å². The molecule has 0 aliphatic rings. The average molecular weight is 278 g/mol. The summed E-state index contributed by atoms with van der Waals surface area (Å²) in [7, 11) is 0. The fraction of sp³-hybridized carbons (Fsp3) is 0.167. The molecule has 0 fully saturated rings. The number of pyridine rings is 1. The third-order valence-corrected chi connectivity index (χ3v) is 3.52. The molecule has 0 saturated carbocycles. The second kappa shape index (κ2) is 5.94. The van der Waals surface area contributed by atoms with Gasteiger partial charge in [-0.25, -0.2) is 4.98 Å². The number of hydrogen-bond acceptors (Lipinski definition) is 3. The van der Waals surface area contributed by atoms with E-state index in [4.69, 9.17) is 10.5 Å². The molecule has 0 bridgehead atoms. The zero-order chi connectivity index (χ0) is 14.7. The first-order valence-corrected chi connectivity index (χ1v) is 7.08. The lowest BCUT2D eigenvalue weighted by molar-refractivity contribution is 0.220. The van der Waals surface area contributed by atoms with Gasteiger partial charge in [-0.15, -0.1) is 0 Å². The number of ether oxygens (including phenoxy) is 1. The molecule has 0 aliphatic heterocycles. The van der Waals surface area contributed by atoms with Gasteiger partial charge in [0.1, 0.15) is 6.10 Å². The second-order valence-corrected chi connectivity index (χ2v) is 5.01. The summed E-state index contributed by atoms with van der Waals surface area (Å²) < 4.78 is 6.09. The molecule has 1 atom stereocenters. The van der Waals surface area contributed by atoms with E-state index in [9.17, 15) is 0 Å². The lowest BCUT2D eigenvalue weighted by Crippen LogP contribution is -2.07. The maximum atomic E-state index is 6.09. The van der Waals surface area contributed by atoms with Crippen LogP contribution in [0.25, 0.3) is 10.8 Å². The third kappa shape index (κ3) is 2.88. The summed E-state index contributed by atoms with van der Waals surface area (Å²) in [6.07, 6.45) is -0.0601. The van der Waals surface area contributed by atoms with E-state index in [0.29, 0.717) is 12.4 Å². The van der Waals surface area contributed by atoms with Gasteiger partial charge in [0, 0.05) is 11.9 Å². The van der Waals surface area contributed by atoms with Gasteiger partial charge in [-0.05, 0) is 30.0 Å². The summed E-state index contributed by atoms with van der Waals surface area (Å²) >= 11 is 0.